The zero-order valence-corrected chi connectivity index (χ0v) is 44.5. The summed E-state index contributed by atoms with van der Waals surface area (Å²) in [6.07, 6.45) is 2.02. The van der Waals surface area contributed by atoms with Crippen LogP contribution in [0.3, 0.4) is 0 Å². The van der Waals surface area contributed by atoms with E-state index in [-0.39, 0.29) is 31.9 Å². The van der Waals surface area contributed by atoms with Crippen LogP contribution in [-0.2, 0) is 20.1 Å². The summed E-state index contributed by atoms with van der Waals surface area (Å²) in [6.45, 7) is 16.1. The molecule has 5 nitrogen and oxygen atoms in total. The van der Waals surface area contributed by atoms with Crippen molar-refractivity contribution >= 4 is 46.2 Å². The summed E-state index contributed by atoms with van der Waals surface area (Å²) < 4.78 is 9.11. The Morgan fingerprint density at radius 1 is 0.592 bits per heavy atom. The van der Waals surface area contributed by atoms with Crippen molar-refractivity contribution < 1.29 is 24.5 Å². The van der Waals surface area contributed by atoms with Gasteiger partial charge in [0.1, 0.15) is 5.58 Å². The van der Waals surface area contributed by atoms with Crippen LogP contribution < -0.4 is 5.19 Å². The molecule has 0 saturated heterocycles. The summed E-state index contributed by atoms with van der Waals surface area (Å²) in [7, 11) is -1.23. The molecule has 351 valence electrons. The standard InChI is InChI=1S/C50H38N3O.C14H16NSi.Ir/c1-31(2)43-27-39(36-22-20-35(21-23-36)34-13-6-5-7-14-34)28-44(32(3)4)48(43)53-46-19-9-8-18-45(46)52-50(53)42-17-11-16-41-40-25-24-38(29-47(40)54-49(41)42)37-15-10-12-33(26-37)30-51;1-16(2,3)13-9-10-14(15-11-13)12-7-5-4-6-8-12;/h5-16,18-29,31-32H,1-4H3;4-7,9-11H,1-3H3;/q2*-1;. The molecule has 3 aromatic heterocycles. The second-order valence-corrected chi connectivity index (χ2v) is 24.7. The van der Waals surface area contributed by atoms with Crippen molar-refractivity contribution in [2.45, 2.75) is 59.2 Å². The first-order valence-electron chi connectivity index (χ1n) is 24.1. The molecular formula is C64H54IrN4OSi-2. The van der Waals surface area contributed by atoms with Gasteiger partial charge in [-0.15, -0.1) is 54.1 Å². The van der Waals surface area contributed by atoms with Gasteiger partial charge in [-0.1, -0.05) is 161 Å². The minimum absolute atomic E-state index is 0. The number of nitrogens with zero attached hydrogens (tertiary/aromatic N) is 4. The van der Waals surface area contributed by atoms with E-state index >= 15 is 0 Å². The monoisotopic (exact) mass is 1120 g/mol. The molecule has 11 rings (SSSR count). The van der Waals surface area contributed by atoms with E-state index in [0.29, 0.717) is 5.56 Å². The first-order valence-corrected chi connectivity index (χ1v) is 27.6. The number of para-hydroxylation sites is 2. The fourth-order valence-corrected chi connectivity index (χ4v) is 10.3. The Labute approximate surface area is 431 Å². The molecule has 0 aliphatic heterocycles. The van der Waals surface area contributed by atoms with E-state index in [4.69, 9.17) is 9.40 Å². The van der Waals surface area contributed by atoms with E-state index in [0.717, 1.165) is 72.4 Å². The second-order valence-electron chi connectivity index (χ2n) is 19.6. The van der Waals surface area contributed by atoms with Gasteiger partial charge in [-0.25, -0.2) is 0 Å². The zero-order chi connectivity index (χ0) is 48.5. The van der Waals surface area contributed by atoms with E-state index < -0.39 is 8.07 Å². The largest absolute Gasteiger partial charge is 0.501 e. The van der Waals surface area contributed by atoms with E-state index in [9.17, 15) is 5.26 Å². The summed E-state index contributed by atoms with van der Waals surface area (Å²) in [5, 5.41) is 12.9. The molecule has 0 saturated carbocycles. The third kappa shape index (κ3) is 9.85. The van der Waals surface area contributed by atoms with E-state index in [1.54, 1.807) is 0 Å². The maximum atomic E-state index is 9.50. The number of hydrogen-bond donors (Lipinski definition) is 0. The maximum absolute atomic E-state index is 9.50. The molecular weight excluding hydrogens is 1060 g/mol. The number of fused-ring (bicyclic) bond motifs is 4. The van der Waals surface area contributed by atoms with Crippen molar-refractivity contribution in [1.29, 1.82) is 5.26 Å². The molecule has 0 amide bonds. The Bertz CT molecular complexity index is 3660. The van der Waals surface area contributed by atoms with E-state index in [1.807, 2.05) is 66.9 Å². The fraction of sp³-hybridized carbons (Fsp3) is 0.141. The molecule has 0 bridgehead atoms. The molecule has 0 fully saturated rings. The molecule has 0 aliphatic rings. The summed E-state index contributed by atoms with van der Waals surface area (Å²) in [5.41, 5.74) is 17.5. The first kappa shape index (κ1) is 48.6. The van der Waals surface area contributed by atoms with Gasteiger partial charge in [0, 0.05) is 37.4 Å². The van der Waals surface area contributed by atoms with Gasteiger partial charge < -0.3 is 14.0 Å². The maximum Gasteiger partial charge on any atom is 0.121 e. The molecule has 0 spiro atoms. The van der Waals surface area contributed by atoms with Crippen LogP contribution >= 0.6 is 0 Å². The first-order chi connectivity index (χ1) is 33.9. The van der Waals surface area contributed by atoms with Crippen molar-refractivity contribution in [3.8, 4) is 67.8 Å². The van der Waals surface area contributed by atoms with Crippen LogP contribution in [0.1, 0.15) is 56.2 Å². The Hall–Kier alpha value is -7.46. The number of rotatable bonds is 9. The average molecular weight is 1120 g/mol. The molecule has 8 aromatic carbocycles. The predicted molar refractivity (Wildman–Crippen MR) is 293 cm³/mol. The van der Waals surface area contributed by atoms with Gasteiger partial charge in [0.15, 0.2) is 0 Å². The normalized spacial score (nSPS) is 11.4. The van der Waals surface area contributed by atoms with Crippen LogP contribution in [0.2, 0.25) is 19.6 Å². The number of pyridine rings is 1. The molecule has 0 unspecified atom stereocenters. The third-order valence-electron chi connectivity index (χ3n) is 13.1. The Kier molecular flexibility index (Phi) is 14.0. The van der Waals surface area contributed by atoms with Crippen LogP contribution in [0.5, 0.6) is 0 Å². The number of imidazole rings is 1. The number of nitriles is 1. The second kappa shape index (κ2) is 20.5. The number of hydrogen-bond acceptors (Lipinski definition) is 4. The van der Waals surface area contributed by atoms with Gasteiger partial charge in [0.25, 0.3) is 0 Å². The van der Waals surface area contributed by atoms with E-state index in [1.165, 1.54) is 38.6 Å². The van der Waals surface area contributed by atoms with Crippen LogP contribution in [0, 0.1) is 23.5 Å². The summed E-state index contributed by atoms with van der Waals surface area (Å²) in [5.74, 6) is 1.27. The Balaban J connectivity index is 0.000000313. The van der Waals surface area contributed by atoms with Crippen LogP contribution in [0.4, 0.5) is 0 Å². The third-order valence-corrected chi connectivity index (χ3v) is 15.1. The summed E-state index contributed by atoms with van der Waals surface area (Å²) in [6, 6.07) is 71.9. The quantitative estimate of drug-likeness (QED) is 0.107. The van der Waals surface area contributed by atoms with Gasteiger partial charge in [-0.2, -0.15) is 5.26 Å². The van der Waals surface area contributed by atoms with Crippen molar-refractivity contribution in [2.75, 3.05) is 0 Å². The summed E-state index contributed by atoms with van der Waals surface area (Å²) >= 11 is 0. The van der Waals surface area contributed by atoms with Gasteiger partial charge in [0.05, 0.1) is 42.1 Å². The molecule has 7 heteroatoms. The number of furan rings is 1. The molecule has 11 aromatic rings. The van der Waals surface area contributed by atoms with Crippen molar-refractivity contribution in [2.24, 2.45) is 0 Å². The molecule has 0 aliphatic carbocycles. The molecule has 3 heterocycles. The van der Waals surface area contributed by atoms with Crippen molar-refractivity contribution in [3.05, 3.63) is 217 Å². The van der Waals surface area contributed by atoms with Crippen LogP contribution in [0.15, 0.2) is 193 Å². The van der Waals surface area contributed by atoms with Crippen molar-refractivity contribution in [3.63, 3.8) is 0 Å². The van der Waals surface area contributed by atoms with Crippen LogP contribution in [0.25, 0.3) is 94.7 Å². The fourth-order valence-electron chi connectivity index (χ4n) is 9.30. The molecule has 0 N–H and O–H groups in total. The zero-order valence-electron chi connectivity index (χ0n) is 41.1. The predicted octanol–water partition coefficient (Wildman–Crippen LogP) is 16.6. The number of aromatic nitrogens is 3. The molecule has 1 radical (unpaired) electrons. The Morgan fingerprint density at radius 3 is 1.90 bits per heavy atom. The topological polar surface area (TPSA) is 67.6 Å². The van der Waals surface area contributed by atoms with Gasteiger partial charge in [-0.05, 0) is 110 Å². The van der Waals surface area contributed by atoms with Gasteiger partial charge >= 0.3 is 0 Å². The smallest absolute Gasteiger partial charge is 0.121 e. The summed E-state index contributed by atoms with van der Waals surface area (Å²) in [4.78, 5) is 9.84. The molecule has 0 atom stereocenters. The van der Waals surface area contributed by atoms with E-state index in [2.05, 4.69) is 196 Å². The minimum atomic E-state index is -1.23. The molecule has 71 heavy (non-hydrogen) atoms. The minimum Gasteiger partial charge on any atom is -0.501 e. The Morgan fingerprint density at radius 2 is 1.24 bits per heavy atom. The average Bonchev–Trinajstić information content (AvgIpc) is 3.97. The number of benzene rings is 8. The van der Waals surface area contributed by atoms with Gasteiger partial charge in [0.2, 0.25) is 0 Å². The van der Waals surface area contributed by atoms with Gasteiger partial charge in [-0.3, -0.25) is 4.98 Å². The van der Waals surface area contributed by atoms with Crippen molar-refractivity contribution in [1.82, 2.24) is 14.5 Å². The van der Waals surface area contributed by atoms with Crippen LogP contribution in [-0.4, -0.2) is 22.6 Å². The SMILES string of the molecule is CC(C)c1cc(-c2ccc(-c3ccccc3)cc2)cc(C(C)C)c1-n1c(-c2[c-]ccc3c2oc2cc(-c4cccc(C#N)c4)ccc23)nc2ccccc21.C[Si](C)(C)c1ccc(-c2[c-]cccc2)nc1.[Ir].